The van der Waals surface area contributed by atoms with Crippen molar-refractivity contribution in [3.63, 3.8) is 0 Å². The minimum atomic E-state index is -3.89. The highest BCUT2D eigenvalue weighted by Crippen LogP contribution is 2.33. The molecule has 0 saturated carbocycles. The van der Waals surface area contributed by atoms with Crippen molar-refractivity contribution >= 4 is 44.8 Å². The van der Waals surface area contributed by atoms with E-state index in [0.717, 1.165) is 16.8 Å². The topological polar surface area (TPSA) is 123 Å². The van der Waals surface area contributed by atoms with E-state index >= 15 is 0 Å². The number of sulfonamides is 1. The maximum Gasteiger partial charge on any atom is 0.261 e. The summed E-state index contributed by atoms with van der Waals surface area (Å²) in [5.41, 5.74) is 3.41. The maximum atomic E-state index is 13.5. The number of anilines is 2. The van der Waals surface area contributed by atoms with E-state index in [1.54, 1.807) is 24.1 Å². The number of carbonyl (C=O) groups is 2. The zero-order chi connectivity index (χ0) is 29.4. The number of halogens is 1. The number of likely N-dealkylation sites (N-methyl/N-ethyl adjacent to an activating group) is 1. The summed E-state index contributed by atoms with van der Waals surface area (Å²) in [4.78, 5) is 28.0. The van der Waals surface area contributed by atoms with Gasteiger partial charge < -0.3 is 24.4 Å². The van der Waals surface area contributed by atoms with Crippen LogP contribution in [0.15, 0.2) is 65.6 Å². The van der Waals surface area contributed by atoms with Crippen LogP contribution in [-0.2, 0) is 37.5 Å². The maximum absolute atomic E-state index is 13.5. The lowest BCUT2D eigenvalue weighted by molar-refractivity contribution is -0.130. The van der Waals surface area contributed by atoms with E-state index in [1.165, 1.54) is 30.3 Å². The molecule has 0 aliphatic carbocycles. The highest BCUT2D eigenvalue weighted by Gasteiger charge is 2.39. The van der Waals surface area contributed by atoms with E-state index in [-0.39, 0.29) is 53.1 Å². The zero-order valence-corrected chi connectivity index (χ0v) is 24.4. The molecular formula is C30H30ClN3O7S. The van der Waals surface area contributed by atoms with Crippen LogP contribution in [0, 0.1) is 0 Å². The summed E-state index contributed by atoms with van der Waals surface area (Å²) in [7, 11) is -2.19. The van der Waals surface area contributed by atoms with Crippen LogP contribution < -0.4 is 14.8 Å². The Morgan fingerprint density at radius 2 is 1.76 bits per heavy atom. The van der Waals surface area contributed by atoms with Gasteiger partial charge in [-0.2, -0.15) is 0 Å². The Bertz CT molecular complexity index is 1630. The fourth-order valence-corrected chi connectivity index (χ4v) is 6.76. The summed E-state index contributed by atoms with van der Waals surface area (Å²) in [6.07, 6.45) is 0.654. The quantitative estimate of drug-likeness (QED) is 0.418. The average Bonchev–Trinajstić information content (AvgIpc) is 3.43. The lowest BCUT2D eigenvalue weighted by Gasteiger charge is -2.42. The van der Waals surface area contributed by atoms with E-state index in [4.69, 9.17) is 25.8 Å². The Balaban J connectivity index is 1.12. The molecule has 3 atom stereocenters. The molecule has 3 aliphatic rings. The summed E-state index contributed by atoms with van der Waals surface area (Å²) in [5, 5.41) is 3.37. The summed E-state index contributed by atoms with van der Waals surface area (Å²) in [6.45, 7) is 1.31. The van der Waals surface area contributed by atoms with Crippen molar-refractivity contribution in [3.8, 4) is 5.75 Å². The lowest BCUT2D eigenvalue weighted by atomic mass is 9.94. The predicted molar refractivity (Wildman–Crippen MR) is 156 cm³/mol. The van der Waals surface area contributed by atoms with Gasteiger partial charge in [-0.25, -0.2) is 8.42 Å². The SMILES string of the molecule is CN1C(=O)c2cc(NS(=O)(=O)c3ccc(Cl)cc3)ccc2OC[C@H]2O[C@@H](CC(=O)Nc3ccc4c(c3)COC4)CC[C@@H]21. The minimum absolute atomic E-state index is 0.0469. The van der Waals surface area contributed by atoms with Crippen LogP contribution in [0.25, 0.3) is 0 Å². The van der Waals surface area contributed by atoms with Gasteiger partial charge in [0.15, 0.2) is 0 Å². The molecular weight excluding hydrogens is 582 g/mol. The molecule has 0 aromatic heterocycles. The number of hydrogen-bond donors (Lipinski definition) is 2. The summed E-state index contributed by atoms with van der Waals surface area (Å²) in [6, 6.07) is 15.9. The summed E-state index contributed by atoms with van der Waals surface area (Å²) < 4.78 is 46.0. The van der Waals surface area contributed by atoms with Gasteiger partial charge in [0.05, 0.1) is 42.2 Å². The number of carbonyl (C=O) groups excluding carboxylic acids is 2. The molecule has 42 heavy (non-hydrogen) atoms. The molecule has 3 aromatic rings. The highest BCUT2D eigenvalue weighted by atomic mass is 35.5. The van der Waals surface area contributed by atoms with Gasteiger partial charge in [0.1, 0.15) is 18.5 Å². The molecule has 12 heteroatoms. The number of fused-ring (bicyclic) bond motifs is 3. The Kier molecular flexibility index (Phi) is 7.84. The normalized spacial score (nSPS) is 21.7. The predicted octanol–water partition coefficient (Wildman–Crippen LogP) is 4.58. The molecule has 0 bridgehead atoms. The van der Waals surface area contributed by atoms with Crippen molar-refractivity contribution in [1.29, 1.82) is 0 Å². The monoisotopic (exact) mass is 611 g/mol. The highest BCUT2D eigenvalue weighted by molar-refractivity contribution is 7.92. The molecule has 1 saturated heterocycles. The van der Waals surface area contributed by atoms with Crippen molar-refractivity contribution in [3.05, 3.63) is 82.4 Å². The van der Waals surface area contributed by atoms with Crippen LogP contribution in [-0.4, -0.2) is 57.0 Å². The van der Waals surface area contributed by atoms with Crippen molar-refractivity contribution in [2.45, 2.75) is 55.6 Å². The van der Waals surface area contributed by atoms with Crippen molar-refractivity contribution in [2.24, 2.45) is 0 Å². The van der Waals surface area contributed by atoms with Gasteiger partial charge >= 0.3 is 0 Å². The molecule has 2 amide bonds. The molecule has 10 nitrogen and oxygen atoms in total. The van der Waals surface area contributed by atoms with Gasteiger partial charge in [0.25, 0.3) is 15.9 Å². The molecule has 3 aliphatic heterocycles. The number of amides is 2. The van der Waals surface area contributed by atoms with Crippen molar-refractivity contribution in [1.82, 2.24) is 4.90 Å². The van der Waals surface area contributed by atoms with E-state index in [9.17, 15) is 18.0 Å². The second kappa shape index (κ2) is 11.6. The minimum Gasteiger partial charge on any atom is -0.490 e. The lowest BCUT2D eigenvalue weighted by Crippen LogP contribution is -2.53. The number of ether oxygens (including phenoxy) is 3. The molecule has 0 radical (unpaired) electrons. The van der Waals surface area contributed by atoms with E-state index in [0.29, 0.717) is 36.8 Å². The van der Waals surface area contributed by atoms with Gasteiger partial charge in [0, 0.05) is 23.4 Å². The van der Waals surface area contributed by atoms with Gasteiger partial charge in [0.2, 0.25) is 5.91 Å². The van der Waals surface area contributed by atoms with Crippen molar-refractivity contribution < 1.29 is 32.2 Å². The van der Waals surface area contributed by atoms with Crippen molar-refractivity contribution in [2.75, 3.05) is 23.7 Å². The second-order valence-corrected chi connectivity index (χ2v) is 12.8. The van der Waals surface area contributed by atoms with Crippen LogP contribution in [0.4, 0.5) is 11.4 Å². The molecule has 1 fully saturated rings. The molecule has 220 valence electrons. The Morgan fingerprint density at radius 3 is 2.57 bits per heavy atom. The molecule has 3 heterocycles. The van der Waals surface area contributed by atoms with Gasteiger partial charge in [-0.05, 0) is 78.6 Å². The number of hydrogen-bond acceptors (Lipinski definition) is 7. The molecule has 2 N–H and O–H groups in total. The largest absolute Gasteiger partial charge is 0.490 e. The first-order chi connectivity index (χ1) is 20.2. The third-order valence-corrected chi connectivity index (χ3v) is 9.46. The number of benzene rings is 3. The Hall–Kier alpha value is -3.64. The fraction of sp³-hybridized carbons (Fsp3) is 0.333. The molecule has 0 unspecified atom stereocenters. The third kappa shape index (κ3) is 5.96. The zero-order valence-electron chi connectivity index (χ0n) is 22.8. The second-order valence-electron chi connectivity index (χ2n) is 10.7. The van der Waals surface area contributed by atoms with E-state index in [2.05, 4.69) is 10.0 Å². The smallest absolute Gasteiger partial charge is 0.261 e. The summed E-state index contributed by atoms with van der Waals surface area (Å²) >= 11 is 5.88. The van der Waals surface area contributed by atoms with E-state index < -0.39 is 16.1 Å². The van der Waals surface area contributed by atoms with Gasteiger partial charge in [-0.1, -0.05) is 17.7 Å². The Labute approximate surface area is 248 Å². The number of nitrogens with zero attached hydrogens (tertiary/aromatic N) is 1. The standard InChI is InChI=1S/C30H30ClN3O7S/c1-34-26-10-7-23(14-29(35)32-21-5-2-18-15-39-16-19(18)12-21)41-28(26)17-40-27-11-6-22(13-25(27)30(34)36)33-42(37,38)24-8-3-20(31)4-9-24/h2-6,8-9,11-13,23,26,28,33H,7,10,14-17H2,1H3,(H,32,35)/t23-,26+,28-/m1/s1. The molecule has 0 spiro atoms. The average molecular weight is 612 g/mol. The number of nitrogens with one attached hydrogen (secondary N) is 2. The van der Waals surface area contributed by atoms with Crippen LogP contribution in [0.2, 0.25) is 5.02 Å². The van der Waals surface area contributed by atoms with Crippen LogP contribution >= 0.6 is 11.6 Å². The third-order valence-electron chi connectivity index (χ3n) is 7.81. The molecule has 3 aromatic carbocycles. The molecule has 6 rings (SSSR count). The first kappa shape index (κ1) is 28.5. The van der Waals surface area contributed by atoms with Gasteiger partial charge in [-0.15, -0.1) is 0 Å². The fourth-order valence-electron chi connectivity index (χ4n) is 5.59. The Morgan fingerprint density at radius 1 is 1.00 bits per heavy atom. The van der Waals surface area contributed by atoms with E-state index in [1.807, 2.05) is 18.2 Å². The summed E-state index contributed by atoms with van der Waals surface area (Å²) in [5.74, 6) is -0.135. The van der Waals surface area contributed by atoms with Crippen LogP contribution in [0.1, 0.15) is 40.7 Å². The van der Waals surface area contributed by atoms with Crippen LogP contribution in [0.5, 0.6) is 5.75 Å². The van der Waals surface area contributed by atoms with Gasteiger partial charge in [-0.3, -0.25) is 14.3 Å². The first-order valence-electron chi connectivity index (χ1n) is 13.6. The number of rotatable bonds is 6. The first-order valence-corrected chi connectivity index (χ1v) is 15.5. The van der Waals surface area contributed by atoms with Crippen LogP contribution in [0.3, 0.4) is 0 Å².